The molecule has 0 aliphatic carbocycles. The van der Waals surface area contributed by atoms with Crippen LogP contribution in [-0.2, 0) is 29.4 Å². The van der Waals surface area contributed by atoms with Crippen molar-refractivity contribution in [3.63, 3.8) is 0 Å². The quantitative estimate of drug-likeness (QED) is 0.357. The highest BCUT2D eigenvalue weighted by atomic mass is 32.2. The van der Waals surface area contributed by atoms with Crippen LogP contribution in [0.15, 0.2) is 53.3 Å². The summed E-state index contributed by atoms with van der Waals surface area (Å²) in [7, 11) is -3.18. The van der Waals surface area contributed by atoms with Crippen LogP contribution in [0.5, 0.6) is 0 Å². The van der Waals surface area contributed by atoms with E-state index >= 15 is 0 Å². The Morgan fingerprint density at radius 1 is 1.21 bits per heavy atom. The van der Waals surface area contributed by atoms with Crippen LogP contribution in [0, 0.1) is 0 Å². The first-order valence-electron chi connectivity index (χ1n) is 9.00. The Balaban J connectivity index is 1.49. The van der Waals surface area contributed by atoms with Crippen molar-refractivity contribution in [2.45, 2.75) is 24.5 Å². The average molecular weight is 451 g/mol. The summed E-state index contributed by atoms with van der Waals surface area (Å²) in [6.45, 7) is 1.11. The van der Waals surface area contributed by atoms with Crippen molar-refractivity contribution < 1.29 is 13.2 Å². The molecule has 0 amide bonds. The molecule has 2 aromatic heterocycles. The molecule has 0 aliphatic heterocycles. The van der Waals surface area contributed by atoms with Crippen LogP contribution < -0.4 is 4.72 Å². The minimum atomic E-state index is -3.18. The number of aryl methyl sites for hydroxylation is 2. The number of ketones is 1. The summed E-state index contributed by atoms with van der Waals surface area (Å²) < 4.78 is 26.6. The highest BCUT2D eigenvalue weighted by Crippen LogP contribution is 2.18. The normalized spacial score (nSPS) is 11.6. The number of benzene rings is 1. The van der Waals surface area contributed by atoms with Gasteiger partial charge in [0.1, 0.15) is 6.33 Å². The molecule has 7 nitrogen and oxygen atoms in total. The second-order valence-electron chi connectivity index (χ2n) is 6.46. The topological polar surface area (TPSA) is 93.9 Å². The van der Waals surface area contributed by atoms with Crippen LogP contribution in [0.25, 0.3) is 0 Å². The van der Waals surface area contributed by atoms with Gasteiger partial charge in [-0.3, -0.25) is 4.79 Å². The van der Waals surface area contributed by atoms with Crippen molar-refractivity contribution >= 4 is 38.9 Å². The number of thiophene rings is 1. The Labute approximate surface area is 178 Å². The van der Waals surface area contributed by atoms with E-state index in [2.05, 4.69) is 26.4 Å². The third kappa shape index (κ3) is 7.07. The molecule has 0 fully saturated rings. The lowest BCUT2D eigenvalue weighted by Gasteiger charge is -2.06. The number of nitrogens with zero attached hydrogens (tertiary/aromatic N) is 3. The summed E-state index contributed by atoms with van der Waals surface area (Å²) in [5.74, 6) is 0.302. The fraction of sp³-hybridized carbons (Fsp3) is 0.316. The van der Waals surface area contributed by atoms with E-state index in [0.29, 0.717) is 18.5 Å². The maximum Gasteiger partial charge on any atom is 0.208 e. The van der Waals surface area contributed by atoms with Crippen LogP contribution in [0.2, 0.25) is 0 Å². The molecular formula is C19H22N4O3S3. The van der Waals surface area contributed by atoms with Gasteiger partial charge in [0.05, 0.1) is 12.0 Å². The molecule has 154 valence electrons. The molecule has 2 heterocycles. The summed E-state index contributed by atoms with van der Waals surface area (Å²) in [6.07, 6.45) is 4.31. The smallest absolute Gasteiger partial charge is 0.208 e. The Morgan fingerprint density at radius 3 is 2.69 bits per heavy atom. The van der Waals surface area contributed by atoms with Crippen molar-refractivity contribution in [1.29, 1.82) is 0 Å². The molecule has 1 N–H and O–H groups in total. The van der Waals surface area contributed by atoms with Gasteiger partial charge in [-0.15, -0.1) is 21.5 Å². The number of Topliss-reactive ketones (excluding diaryl/α,β-unsaturated/α-hetero) is 1. The molecule has 0 saturated carbocycles. The lowest BCUT2D eigenvalue weighted by molar-refractivity contribution is 0.102. The van der Waals surface area contributed by atoms with E-state index in [-0.39, 0.29) is 11.5 Å². The van der Waals surface area contributed by atoms with Gasteiger partial charge >= 0.3 is 0 Å². The number of hydrogen-bond donors (Lipinski definition) is 1. The second kappa shape index (κ2) is 10.1. The van der Waals surface area contributed by atoms with Crippen molar-refractivity contribution in [2.75, 3.05) is 18.6 Å². The molecule has 0 radical (unpaired) electrons. The van der Waals surface area contributed by atoms with E-state index in [4.69, 9.17) is 0 Å². The van der Waals surface area contributed by atoms with E-state index in [1.807, 2.05) is 22.8 Å². The largest absolute Gasteiger partial charge is 0.308 e. The fourth-order valence-corrected chi connectivity index (χ4v) is 4.65. The van der Waals surface area contributed by atoms with Crippen molar-refractivity contribution in [3.8, 4) is 0 Å². The number of rotatable bonds is 11. The molecular weight excluding hydrogens is 428 g/mol. The van der Waals surface area contributed by atoms with Gasteiger partial charge in [0.25, 0.3) is 0 Å². The Morgan fingerprint density at radius 2 is 2.00 bits per heavy atom. The molecule has 10 heteroatoms. The zero-order valence-electron chi connectivity index (χ0n) is 15.9. The molecule has 3 aromatic rings. The van der Waals surface area contributed by atoms with Crippen LogP contribution in [-0.4, -0.2) is 47.5 Å². The lowest BCUT2D eigenvalue weighted by atomic mass is 10.1. The van der Waals surface area contributed by atoms with E-state index in [0.717, 1.165) is 29.9 Å². The van der Waals surface area contributed by atoms with Gasteiger partial charge in [0, 0.05) is 23.5 Å². The zero-order chi connectivity index (χ0) is 20.7. The Hall–Kier alpha value is -2.01. The van der Waals surface area contributed by atoms with Crippen LogP contribution in [0.1, 0.15) is 20.8 Å². The molecule has 1 aromatic carbocycles. The standard InChI is InChI=1S/C19H22N4O3S3/c1-29(25,26)21-10-8-15-4-6-16(7-5-15)18(24)13-28-19-22-20-14-23(19)11-9-17-3-2-12-27-17/h2-7,12,14,21H,8-11,13H2,1H3. The highest BCUT2D eigenvalue weighted by Gasteiger charge is 2.11. The molecule has 0 atom stereocenters. The molecule has 0 unspecified atom stereocenters. The van der Waals surface area contributed by atoms with E-state index in [1.54, 1.807) is 29.8 Å². The SMILES string of the molecule is CS(=O)(=O)NCCc1ccc(C(=O)CSc2nncn2CCc2cccs2)cc1. The third-order valence-electron chi connectivity index (χ3n) is 4.15. The summed E-state index contributed by atoms with van der Waals surface area (Å²) in [4.78, 5) is 13.8. The maximum absolute atomic E-state index is 12.5. The van der Waals surface area contributed by atoms with Crippen LogP contribution in [0.4, 0.5) is 0 Å². The first kappa shape index (κ1) is 21.7. The van der Waals surface area contributed by atoms with Gasteiger partial charge in [-0.2, -0.15) is 0 Å². The molecule has 3 rings (SSSR count). The monoisotopic (exact) mass is 450 g/mol. The summed E-state index contributed by atoms with van der Waals surface area (Å²) in [6, 6.07) is 11.4. The molecule has 29 heavy (non-hydrogen) atoms. The average Bonchev–Trinajstić information content (AvgIpc) is 3.35. The fourth-order valence-electron chi connectivity index (χ4n) is 2.65. The predicted molar refractivity (Wildman–Crippen MR) is 116 cm³/mol. The first-order chi connectivity index (χ1) is 13.9. The number of carbonyl (C=O) groups is 1. The van der Waals surface area contributed by atoms with Crippen LogP contribution in [0.3, 0.4) is 0 Å². The van der Waals surface area contributed by atoms with Crippen LogP contribution >= 0.6 is 23.1 Å². The predicted octanol–water partition coefficient (Wildman–Crippen LogP) is 2.65. The number of aromatic nitrogens is 3. The van der Waals surface area contributed by atoms with E-state index in [9.17, 15) is 13.2 Å². The van der Waals surface area contributed by atoms with Gasteiger partial charge in [-0.25, -0.2) is 13.1 Å². The Kier molecular flexibility index (Phi) is 7.59. The van der Waals surface area contributed by atoms with Gasteiger partial charge < -0.3 is 4.57 Å². The highest BCUT2D eigenvalue weighted by molar-refractivity contribution is 7.99. The first-order valence-corrected chi connectivity index (χ1v) is 12.8. The third-order valence-corrected chi connectivity index (χ3v) is 6.79. The number of sulfonamides is 1. The van der Waals surface area contributed by atoms with Crippen molar-refractivity contribution in [1.82, 2.24) is 19.5 Å². The number of hydrogen-bond acceptors (Lipinski definition) is 7. The summed E-state index contributed by atoms with van der Waals surface area (Å²) in [5.41, 5.74) is 1.60. The van der Waals surface area contributed by atoms with Crippen molar-refractivity contribution in [3.05, 3.63) is 64.1 Å². The summed E-state index contributed by atoms with van der Waals surface area (Å²) >= 11 is 3.11. The van der Waals surface area contributed by atoms with E-state index in [1.165, 1.54) is 16.6 Å². The van der Waals surface area contributed by atoms with Gasteiger partial charge in [0.15, 0.2) is 10.9 Å². The second-order valence-corrected chi connectivity index (χ2v) is 10.3. The molecule has 0 spiro atoms. The lowest BCUT2D eigenvalue weighted by Crippen LogP contribution is -2.24. The Bertz CT molecular complexity index is 1030. The van der Waals surface area contributed by atoms with Crippen molar-refractivity contribution in [2.24, 2.45) is 0 Å². The van der Waals surface area contributed by atoms with E-state index < -0.39 is 10.0 Å². The minimum absolute atomic E-state index is 0.0172. The van der Waals surface area contributed by atoms with Gasteiger partial charge in [-0.05, 0) is 29.9 Å². The number of nitrogens with one attached hydrogen (secondary N) is 1. The molecule has 0 bridgehead atoms. The number of thioether (sulfide) groups is 1. The molecule has 0 saturated heterocycles. The zero-order valence-corrected chi connectivity index (χ0v) is 18.4. The van der Waals surface area contributed by atoms with Gasteiger partial charge in [-0.1, -0.05) is 42.1 Å². The minimum Gasteiger partial charge on any atom is -0.308 e. The number of carbonyl (C=O) groups excluding carboxylic acids is 1. The summed E-state index contributed by atoms with van der Waals surface area (Å²) in [5, 5.41) is 10.9. The molecule has 0 aliphatic rings. The van der Waals surface area contributed by atoms with Gasteiger partial charge in [0.2, 0.25) is 10.0 Å². The maximum atomic E-state index is 12.5.